The van der Waals surface area contributed by atoms with Crippen molar-refractivity contribution >= 4 is 0 Å². The third-order valence-electron chi connectivity index (χ3n) is 0.637. The van der Waals surface area contributed by atoms with Crippen LogP contribution in [0.1, 0.15) is 0 Å². The lowest BCUT2D eigenvalue weighted by atomic mass is 10.9. The maximum Gasteiger partial charge on any atom is 0.283 e. The molecule has 1 aromatic rings. The van der Waals surface area contributed by atoms with Crippen LogP contribution in [0.15, 0.2) is 6.20 Å². The Kier molecular flexibility index (Phi) is 1.03. The molecule has 0 spiro atoms. The van der Waals surface area contributed by atoms with Crippen LogP contribution in [-0.4, -0.2) is 25.2 Å². The lowest BCUT2D eigenvalue weighted by molar-refractivity contribution is -0.553. The van der Waals surface area contributed by atoms with Crippen LogP contribution >= 0.6 is 0 Å². The molecule has 7 heteroatoms. The van der Waals surface area contributed by atoms with Crippen molar-refractivity contribution < 1.29 is 10.1 Å². The number of nitrogens with zero attached hydrogens (tertiary/aromatic N) is 4. The van der Waals surface area contributed by atoms with Crippen molar-refractivity contribution in [3.05, 3.63) is 16.3 Å². The van der Waals surface area contributed by atoms with Gasteiger partial charge in [-0.1, -0.05) is 0 Å². The van der Waals surface area contributed by atoms with Gasteiger partial charge in [-0.15, -0.1) is 0 Å². The molecule has 1 N–H and O–H groups in total. The zero-order valence-corrected chi connectivity index (χ0v) is 4.13. The predicted molar refractivity (Wildman–Crippen MR) is 24.1 cm³/mol. The first-order valence-corrected chi connectivity index (χ1v) is 1.96. The van der Waals surface area contributed by atoms with Gasteiger partial charge in [-0.3, -0.25) is 0 Å². The SMILES string of the molecule is O=[N+]([O-])n1cc(O)nn1. The number of nitro groups is 1. The molecule has 0 fully saturated rings. The number of hydrogen-bond acceptors (Lipinski definition) is 5. The molecule has 1 rings (SSSR count). The zero-order valence-electron chi connectivity index (χ0n) is 4.13. The highest BCUT2D eigenvalue weighted by atomic mass is 16.7. The Hall–Kier alpha value is -1.66. The van der Waals surface area contributed by atoms with Crippen molar-refractivity contribution in [3.8, 4) is 5.88 Å². The normalized spacial score (nSPS) is 9.33. The molecule has 0 amide bonds. The van der Waals surface area contributed by atoms with Gasteiger partial charge < -0.3 is 15.2 Å². The fourth-order valence-corrected chi connectivity index (χ4v) is 0.326. The Bertz CT molecular complexity index is 229. The molecule has 0 saturated carbocycles. The quantitative estimate of drug-likeness (QED) is 0.389. The minimum absolute atomic E-state index is 0.315. The summed E-state index contributed by atoms with van der Waals surface area (Å²) in [7, 11) is 0. The highest BCUT2D eigenvalue weighted by Gasteiger charge is 2.05. The van der Waals surface area contributed by atoms with Gasteiger partial charge in [0, 0.05) is 5.10 Å². The first-order valence-electron chi connectivity index (χ1n) is 1.96. The van der Waals surface area contributed by atoms with Gasteiger partial charge in [-0.2, -0.15) is 0 Å². The van der Waals surface area contributed by atoms with Gasteiger partial charge in [0.25, 0.3) is 5.88 Å². The van der Waals surface area contributed by atoms with E-state index in [-0.39, 0.29) is 0 Å². The van der Waals surface area contributed by atoms with Crippen LogP contribution in [0.25, 0.3) is 0 Å². The molecule has 7 nitrogen and oxygen atoms in total. The van der Waals surface area contributed by atoms with Crippen LogP contribution in [0.3, 0.4) is 0 Å². The number of hydrogen-bond donors (Lipinski definition) is 1. The lowest BCUT2D eigenvalue weighted by Gasteiger charge is -1.84. The minimum Gasteiger partial charge on any atom is -0.489 e. The van der Waals surface area contributed by atoms with Gasteiger partial charge in [0.05, 0.1) is 9.82 Å². The second kappa shape index (κ2) is 1.69. The lowest BCUT2D eigenvalue weighted by Crippen LogP contribution is -2.08. The van der Waals surface area contributed by atoms with Gasteiger partial charge >= 0.3 is 0 Å². The highest BCUT2D eigenvalue weighted by Crippen LogP contribution is 1.96. The molecule has 0 aliphatic heterocycles. The summed E-state index contributed by atoms with van der Waals surface area (Å²) in [6.07, 6.45) is 0.792. The average molecular weight is 130 g/mol. The van der Waals surface area contributed by atoms with Crippen LogP contribution in [-0.2, 0) is 0 Å². The van der Waals surface area contributed by atoms with Crippen molar-refractivity contribution in [1.29, 1.82) is 0 Å². The summed E-state index contributed by atoms with van der Waals surface area (Å²) in [6.45, 7) is 0. The fourth-order valence-electron chi connectivity index (χ4n) is 0.326. The zero-order chi connectivity index (χ0) is 6.85. The van der Waals surface area contributed by atoms with Gasteiger partial charge in [-0.25, -0.2) is 0 Å². The van der Waals surface area contributed by atoms with Gasteiger partial charge in [-0.05, 0) is 0 Å². The van der Waals surface area contributed by atoms with E-state index < -0.39 is 10.9 Å². The fraction of sp³-hybridized carbons (Fsp3) is 0. The monoisotopic (exact) mass is 130 g/mol. The molecule has 0 bridgehead atoms. The van der Waals surface area contributed by atoms with Crippen LogP contribution in [0.5, 0.6) is 5.88 Å². The van der Waals surface area contributed by atoms with Crippen molar-refractivity contribution in [1.82, 2.24) is 15.1 Å². The summed E-state index contributed by atoms with van der Waals surface area (Å²) in [5, 5.41) is 23.3. The number of rotatable bonds is 1. The largest absolute Gasteiger partial charge is 0.489 e. The summed E-state index contributed by atoms with van der Waals surface area (Å²) in [5.41, 5.74) is 0. The number of aromatic hydroxyl groups is 1. The molecule has 1 aromatic heterocycles. The van der Waals surface area contributed by atoms with E-state index in [1.807, 2.05) is 0 Å². The second-order valence-electron chi connectivity index (χ2n) is 1.23. The van der Waals surface area contributed by atoms with Gasteiger partial charge in [0.15, 0.2) is 11.4 Å². The van der Waals surface area contributed by atoms with E-state index in [1.165, 1.54) is 0 Å². The van der Waals surface area contributed by atoms with E-state index in [1.54, 1.807) is 0 Å². The number of aromatic nitrogens is 3. The summed E-state index contributed by atoms with van der Waals surface area (Å²) in [5.74, 6) is -0.466. The van der Waals surface area contributed by atoms with Crippen molar-refractivity contribution in [2.75, 3.05) is 0 Å². The summed E-state index contributed by atoms with van der Waals surface area (Å²) in [6, 6.07) is 0. The molecule has 0 radical (unpaired) electrons. The third-order valence-corrected chi connectivity index (χ3v) is 0.637. The molecule has 1 heterocycles. The highest BCUT2D eigenvalue weighted by molar-refractivity contribution is 4.93. The van der Waals surface area contributed by atoms with Crippen molar-refractivity contribution in [2.24, 2.45) is 0 Å². The van der Waals surface area contributed by atoms with Crippen LogP contribution < -0.4 is 0 Å². The molecule has 0 aromatic carbocycles. The average Bonchev–Trinajstić information content (AvgIpc) is 2.14. The first kappa shape index (κ1) is 5.48. The maximum atomic E-state index is 9.77. The van der Waals surface area contributed by atoms with E-state index in [2.05, 4.69) is 10.3 Å². The molecular formula is C2H2N4O3. The van der Waals surface area contributed by atoms with Crippen LogP contribution in [0, 0.1) is 10.1 Å². The topological polar surface area (TPSA) is 94.1 Å². The molecular weight excluding hydrogens is 128 g/mol. The Morgan fingerprint density at radius 3 is 2.78 bits per heavy atom. The third kappa shape index (κ3) is 0.929. The van der Waals surface area contributed by atoms with Crippen LogP contribution in [0.2, 0.25) is 0 Å². The van der Waals surface area contributed by atoms with E-state index in [9.17, 15) is 10.1 Å². The predicted octanol–water partition coefficient (Wildman–Crippen LogP) is -0.977. The van der Waals surface area contributed by atoms with Crippen molar-refractivity contribution in [2.45, 2.75) is 0 Å². The van der Waals surface area contributed by atoms with E-state index in [0.717, 1.165) is 6.20 Å². The van der Waals surface area contributed by atoms with Crippen molar-refractivity contribution in [3.63, 3.8) is 0 Å². The van der Waals surface area contributed by atoms with Crippen LogP contribution in [0.4, 0.5) is 0 Å². The Morgan fingerprint density at radius 2 is 2.56 bits per heavy atom. The summed E-state index contributed by atoms with van der Waals surface area (Å²) in [4.78, 5) is 10.1. The Balaban J connectivity index is 2.98. The smallest absolute Gasteiger partial charge is 0.283 e. The van der Waals surface area contributed by atoms with E-state index >= 15 is 0 Å². The molecule has 9 heavy (non-hydrogen) atoms. The molecule has 48 valence electrons. The second-order valence-corrected chi connectivity index (χ2v) is 1.23. The van der Waals surface area contributed by atoms with Gasteiger partial charge in [0.2, 0.25) is 0 Å². The molecule has 0 aliphatic carbocycles. The first-order chi connectivity index (χ1) is 4.20. The standard InChI is InChI=1S/C2H2N4O3/c7-2-1-5(4-3-2)6(8)9/h1,7H. The van der Waals surface area contributed by atoms with E-state index in [4.69, 9.17) is 5.11 Å². The molecule has 0 aliphatic rings. The molecule has 0 saturated heterocycles. The summed E-state index contributed by atoms with van der Waals surface area (Å²) < 4.78 is 0. The maximum absolute atomic E-state index is 9.77. The Labute approximate surface area is 48.6 Å². The summed E-state index contributed by atoms with van der Waals surface area (Å²) >= 11 is 0. The Morgan fingerprint density at radius 1 is 1.89 bits per heavy atom. The molecule has 0 atom stereocenters. The van der Waals surface area contributed by atoms with E-state index in [0.29, 0.717) is 4.79 Å². The van der Waals surface area contributed by atoms with Gasteiger partial charge in [0.1, 0.15) is 0 Å². The minimum atomic E-state index is -0.813. The molecule has 0 unspecified atom stereocenters.